The molecular weight excluding hydrogens is 266 g/mol. The molecule has 2 N–H and O–H groups in total. The summed E-state index contributed by atoms with van der Waals surface area (Å²) in [6, 6.07) is 7.24. The fourth-order valence-corrected chi connectivity index (χ4v) is 1.98. The first kappa shape index (κ1) is 15.8. The molecule has 0 fully saturated rings. The van der Waals surface area contributed by atoms with Gasteiger partial charge >= 0.3 is 6.09 Å². The van der Waals surface area contributed by atoms with E-state index in [4.69, 9.17) is 16.3 Å². The lowest BCUT2D eigenvalue weighted by atomic mass is 9.95. The predicted molar refractivity (Wildman–Crippen MR) is 75.5 cm³/mol. The van der Waals surface area contributed by atoms with Crippen molar-refractivity contribution in [2.24, 2.45) is 0 Å². The van der Waals surface area contributed by atoms with Crippen LogP contribution in [0.3, 0.4) is 0 Å². The van der Waals surface area contributed by atoms with Crippen molar-refractivity contribution in [1.82, 2.24) is 5.32 Å². The van der Waals surface area contributed by atoms with Gasteiger partial charge in [0, 0.05) is 17.0 Å². The first-order valence-electron chi connectivity index (χ1n) is 6.27. The molecule has 0 aliphatic carbocycles. The van der Waals surface area contributed by atoms with Crippen LogP contribution < -0.4 is 5.32 Å². The van der Waals surface area contributed by atoms with E-state index in [9.17, 15) is 9.90 Å². The third-order valence-electron chi connectivity index (χ3n) is 2.69. The second-order valence-electron chi connectivity index (χ2n) is 4.77. The normalized spacial score (nSPS) is 14.0. The third-order valence-corrected chi connectivity index (χ3v) is 3.03. The molecular formula is C14H20ClNO3. The number of hydrogen-bond donors (Lipinski definition) is 2. The van der Waals surface area contributed by atoms with E-state index in [0.29, 0.717) is 5.02 Å². The quantitative estimate of drug-likeness (QED) is 0.874. The van der Waals surface area contributed by atoms with Crippen LogP contribution in [0.5, 0.6) is 0 Å². The van der Waals surface area contributed by atoms with E-state index in [2.05, 4.69) is 5.32 Å². The number of rotatable bonds is 5. The lowest BCUT2D eigenvalue weighted by molar-refractivity contribution is 0.0933. The summed E-state index contributed by atoms with van der Waals surface area (Å²) in [6.45, 7) is 5.43. The maximum Gasteiger partial charge on any atom is 0.407 e. The highest BCUT2D eigenvalue weighted by Gasteiger charge is 2.21. The molecule has 0 spiro atoms. The van der Waals surface area contributed by atoms with Crippen molar-refractivity contribution < 1.29 is 14.6 Å². The van der Waals surface area contributed by atoms with Gasteiger partial charge in [-0.1, -0.05) is 29.8 Å². The number of halogens is 1. The molecule has 106 valence electrons. The smallest absolute Gasteiger partial charge is 0.407 e. The second kappa shape index (κ2) is 7.36. The van der Waals surface area contributed by atoms with Crippen molar-refractivity contribution in [2.75, 3.05) is 6.61 Å². The molecule has 0 heterocycles. The summed E-state index contributed by atoms with van der Waals surface area (Å²) < 4.78 is 5.12. The molecule has 0 radical (unpaired) electrons. The molecule has 4 nitrogen and oxygen atoms in total. The minimum atomic E-state index is -0.660. The first-order chi connectivity index (χ1) is 8.91. The van der Waals surface area contributed by atoms with E-state index in [1.165, 1.54) is 0 Å². The highest BCUT2D eigenvalue weighted by Crippen LogP contribution is 2.27. The Bertz CT molecular complexity index is 421. The number of aliphatic hydroxyl groups is 1. The summed E-state index contributed by atoms with van der Waals surface area (Å²) >= 11 is 6.10. The van der Waals surface area contributed by atoms with Crippen LogP contribution in [-0.4, -0.2) is 30.0 Å². The molecule has 2 unspecified atom stereocenters. The molecule has 0 aliphatic heterocycles. The van der Waals surface area contributed by atoms with Crippen LogP contribution in [0.15, 0.2) is 24.3 Å². The zero-order valence-electron chi connectivity index (χ0n) is 11.4. The number of nitrogens with one attached hydrogen (secondary N) is 1. The van der Waals surface area contributed by atoms with Crippen LogP contribution in [-0.2, 0) is 4.74 Å². The van der Waals surface area contributed by atoms with Crippen LogP contribution in [0.4, 0.5) is 4.79 Å². The van der Waals surface area contributed by atoms with Crippen LogP contribution in [0, 0.1) is 0 Å². The van der Waals surface area contributed by atoms with Gasteiger partial charge in [0.05, 0.1) is 6.10 Å². The second-order valence-corrected chi connectivity index (χ2v) is 5.17. The average molecular weight is 286 g/mol. The summed E-state index contributed by atoms with van der Waals surface area (Å²) in [5.41, 5.74) is 0.775. The average Bonchev–Trinajstić information content (AvgIpc) is 2.30. The Hall–Kier alpha value is -1.26. The van der Waals surface area contributed by atoms with Gasteiger partial charge in [-0.25, -0.2) is 4.79 Å². The van der Waals surface area contributed by atoms with Crippen LogP contribution in [0.1, 0.15) is 32.3 Å². The number of aliphatic hydroxyl groups excluding tert-OH is 1. The molecule has 1 aromatic rings. The molecule has 2 atom stereocenters. The first-order valence-corrected chi connectivity index (χ1v) is 6.65. The molecule has 0 saturated carbocycles. The Morgan fingerprint density at radius 1 is 1.37 bits per heavy atom. The van der Waals surface area contributed by atoms with Gasteiger partial charge in [-0.15, -0.1) is 0 Å². The number of hydrogen-bond acceptors (Lipinski definition) is 3. The number of ether oxygens (including phenoxy) is 1. The highest BCUT2D eigenvalue weighted by atomic mass is 35.5. The Morgan fingerprint density at radius 3 is 2.53 bits per heavy atom. The van der Waals surface area contributed by atoms with Gasteiger partial charge in [-0.2, -0.15) is 0 Å². The van der Waals surface area contributed by atoms with Gasteiger partial charge in [0.1, 0.15) is 6.61 Å². The molecule has 0 aromatic heterocycles. The van der Waals surface area contributed by atoms with Crippen LogP contribution >= 0.6 is 11.6 Å². The highest BCUT2D eigenvalue weighted by molar-refractivity contribution is 6.31. The number of alkyl carbamates (subject to hydrolysis) is 1. The van der Waals surface area contributed by atoms with Crippen molar-refractivity contribution >= 4 is 17.7 Å². The van der Waals surface area contributed by atoms with Gasteiger partial charge in [0.15, 0.2) is 0 Å². The number of carbonyl (C=O) groups excluding carboxylic acids is 1. The minimum absolute atomic E-state index is 0.0119. The number of carbonyl (C=O) groups is 1. The van der Waals surface area contributed by atoms with Crippen molar-refractivity contribution in [3.63, 3.8) is 0 Å². The van der Waals surface area contributed by atoms with Crippen LogP contribution in [0.25, 0.3) is 0 Å². The van der Waals surface area contributed by atoms with E-state index >= 15 is 0 Å². The fourth-order valence-electron chi connectivity index (χ4n) is 1.71. The van der Waals surface area contributed by atoms with Crippen molar-refractivity contribution in [3.05, 3.63) is 34.9 Å². The van der Waals surface area contributed by atoms with Gasteiger partial charge < -0.3 is 15.2 Å². The largest absolute Gasteiger partial charge is 0.449 e. The van der Waals surface area contributed by atoms with Gasteiger partial charge in [-0.3, -0.25) is 0 Å². The minimum Gasteiger partial charge on any atom is -0.449 e. The van der Waals surface area contributed by atoms with Crippen molar-refractivity contribution in [3.8, 4) is 0 Å². The predicted octanol–water partition coefficient (Wildman–Crippen LogP) is 2.94. The van der Waals surface area contributed by atoms with Crippen molar-refractivity contribution in [1.29, 1.82) is 0 Å². The Kier molecular flexibility index (Phi) is 6.12. The summed E-state index contributed by atoms with van der Waals surface area (Å²) in [5.74, 6) is -0.341. The Morgan fingerprint density at radius 2 is 2.00 bits per heavy atom. The topological polar surface area (TPSA) is 58.6 Å². The molecule has 1 rings (SSSR count). The van der Waals surface area contributed by atoms with E-state index in [-0.39, 0.29) is 18.6 Å². The Balaban J connectivity index is 2.70. The lowest BCUT2D eigenvalue weighted by Gasteiger charge is -2.21. The third kappa shape index (κ3) is 5.09. The summed E-state index contributed by atoms with van der Waals surface area (Å²) in [5, 5.41) is 13.0. The van der Waals surface area contributed by atoms with Crippen molar-refractivity contribution in [2.45, 2.75) is 38.8 Å². The van der Waals surface area contributed by atoms with Crippen LogP contribution in [0.2, 0.25) is 5.02 Å². The van der Waals surface area contributed by atoms with Gasteiger partial charge in [0.25, 0.3) is 0 Å². The molecule has 5 heteroatoms. The fraction of sp³-hybridized carbons (Fsp3) is 0.500. The summed E-state index contributed by atoms with van der Waals surface area (Å²) in [4.78, 5) is 11.4. The zero-order valence-corrected chi connectivity index (χ0v) is 12.1. The Labute approximate surface area is 118 Å². The summed E-state index contributed by atoms with van der Waals surface area (Å²) in [6.07, 6.45) is -1.15. The molecule has 19 heavy (non-hydrogen) atoms. The standard InChI is InChI=1S/C14H20ClNO3/c1-9(2)16-14(18)19-8-12(10(3)17)11-6-4-5-7-13(11)15/h4-7,9-10,12,17H,8H2,1-3H3,(H,16,18). The monoisotopic (exact) mass is 285 g/mol. The molecule has 0 aliphatic rings. The molecule has 0 saturated heterocycles. The lowest BCUT2D eigenvalue weighted by Crippen LogP contribution is -2.33. The van der Waals surface area contributed by atoms with Gasteiger partial charge in [0.2, 0.25) is 0 Å². The van der Waals surface area contributed by atoms with E-state index in [0.717, 1.165) is 5.56 Å². The molecule has 1 amide bonds. The van der Waals surface area contributed by atoms with Gasteiger partial charge in [-0.05, 0) is 32.4 Å². The zero-order chi connectivity index (χ0) is 14.4. The number of amides is 1. The molecule has 0 bridgehead atoms. The molecule has 1 aromatic carbocycles. The SMILES string of the molecule is CC(C)NC(=O)OCC(c1ccccc1Cl)C(C)O. The maximum absolute atomic E-state index is 11.4. The van der Waals surface area contributed by atoms with E-state index in [1.54, 1.807) is 13.0 Å². The maximum atomic E-state index is 11.4. The van der Waals surface area contributed by atoms with E-state index in [1.807, 2.05) is 32.0 Å². The summed E-state index contributed by atoms with van der Waals surface area (Å²) in [7, 11) is 0. The van der Waals surface area contributed by atoms with E-state index < -0.39 is 12.2 Å². The number of benzene rings is 1.